The molecule has 0 saturated carbocycles. The second-order valence-electron chi connectivity index (χ2n) is 6.94. The predicted molar refractivity (Wildman–Crippen MR) is 122 cm³/mol. The van der Waals surface area contributed by atoms with Crippen LogP contribution in [0.3, 0.4) is 0 Å². The van der Waals surface area contributed by atoms with Crippen LogP contribution in [0.5, 0.6) is 5.75 Å². The number of rotatable bonds is 5. The highest BCUT2D eigenvalue weighted by molar-refractivity contribution is 6.31. The molecule has 33 heavy (non-hydrogen) atoms. The molecule has 4 aromatic rings. The van der Waals surface area contributed by atoms with Gasteiger partial charge < -0.3 is 9.84 Å². The average Bonchev–Trinajstić information content (AvgIpc) is 3.18. The van der Waals surface area contributed by atoms with Gasteiger partial charge in [0.15, 0.2) is 11.5 Å². The number of halogens is 4. The summed E-state index contributed by atoms with van der Waals surface area (Å²) in [4.78, 5) is 17.3. The second-order valence-corrected chi connectivity index (χ2v) is 7.76. The van der Waals surface area contributed by atoms with Crippen molar-refractivity contribution < 1.29 is 23.4 Å². The highest BCUT2D eigenvalue weighted by Crippen LogP contribution is 2.37. The molecule has 0 unspecified atom stereocenters. The fraction of sp³-hybridized carbons (Fsp3) is 0.0833. The molecule has 1 heterocycles. The molecule has 1 aromatic heterocycles. The van der Waals surface area contributed by atoms with E-state index in [4.69, 9.17) is 27.9 Å². The maximum Gasteiger partial charge on any atom is 0.359 e. The highest BCUT2D eigenvalue weighted by atomic mass is 35.5. The lowest BCUT2D eigenvalue weighted by atomic mass is 10.1. The van der Waals surface area contributed by atoms with Crippen LogP contribution in [0.2, 0.25) is 10.0 Å². The number of carbonyl (C=O) groups is 1. The van der Waals surface area contributed by atoms with E-state index in [0.717, 1.165) is 6.07 Å². The predicted octanol–water partition coefficient (Wildman–Crippen LogP) is 6.67. The number of hydrogen-bond donors (Lipinski definition) is 1. The lowest BCUT2D eigenvalue weighted by molar-refractivity contribution is 0.0521. The third kappa shape index (κ3) is 4.29. The van der Waals surface area contributed by atoms with Crippen molar-refractivity contribution >= 4 is 29.2 Å². The SMILES string of the molecule is CCOC(=O)c1nc(-c2cccc(O)c2)n(-c2cccc(Cl)c2F)c1-c1ccc(F)c(Cl)c1. The number of aromatic nitrogens is 2. The van der Waals surface area contributed by atoms with Crippen LogP contribution in [0.25, 0.3) is 28.3 Å². The molecule has 0 spiro atoms. The number of imidazole rings is 1. The van der Waals surface area contributed by atoms with Gasteiger partial charge in [0.2, 0.25) is 0 Å². The first-order valence-electron chi connectivity index (χ1n) is 9.81. The van der Waals surface area contributed by atoms with Crippen molar-refractivity contribution in [2.45, 2.75) is 6.92 Å². The van der Waals surface area contributed by atoms with Crippen LogP contribution in [0.4, 0.5) is 8.78 Å². The van der Waals surface area contributed by atoms with Gasteiger partial charge in [-0.15, -0.1) is 0 Å². The van der Waals surface area contributed by atoms with E-state index in [2.05, 4.69) is 4.98 Å². The van der Waals surface area contributed by atoms with Gasteiger partial charge in [0, 0.05) is 11.1 Å². The van der Waals surface area contributed by atoms with Gasteiger partial charge in [0.05, 0.1) is 28.0 Å². The number of benzene rings is 3. The van der Waals surface area contributed by atoms with Crippen molar-refractivity contribution in [2.75, 3.05) is 6.61 Å². The van der Waals surface area contributed by atoms with Crippen LogP contribution in [0.1, 0.15) is 17.4 Å². The normalized spacial score (nSPS) is 10.9. The monoisotopic (exact) mass is 488 g/mol. The molecule has 0 fully saturated rings. The number of hydrogen-bond acceptors (Lipinski definition) is 4. The summed E-state index contributed by atoms with van der Waals surface area (Å²) in [5.74, 6) is -2.12. The van der Waals surface area contributed by atoms with Gasteiger partial charge in [-0.25, -0.2) is 18.6 Å². The van der Waals surface area contributed by atoms with E-state index >= 15 is 4.39 Å². The number of aromatic hydroxyl groups is 1. The van der Waals surface area contributed by atoms with Crippen LogP contribution in [-0.4, -0.2) is 27.2 Å². The lowest BCUT2D eigenvalue weighted by Crippen LogP contribution is -2.08. The average molecular weight is 489 g/mol. The van der Waals surface area contributed by atoms with E-state index in [9.17, 15) is 14.3 Å². The summed E-state index contributed by atoms with van der Waals surface area (Å²) in [7, 11) is 0. The fourth-order valence-electron chi connectivity index (χ4n) is 3.41. The first-order chi connectivity index (χ1) is 15.8. The lowest BCUT2D eigenvalue weighted by Gasteiger charge is -2.15. The fourth-order valence-corrected chi connectivity index (χ4v) is 3.76. The minimum atomic E-state index is -0.768. The third-order valence-corrected chi connectivity index (χ3v) is 5.40. The molecular formula is C24H16Cl2F2N2O3. The Hall–Kier alpha value is -3.42. The highest BCUT2D eigenvalue weighted by Gasteiger charge is 2.28. The Labute approximate surface area is 197 Å². The Balaban J connectivity index is 2.15. The first-order valence-corrected chi connectivity index (χ1v) is 10.6. The van der Waals surface area contributed by atoms with Crippen LogP contribution < -0.4 is 0 Å². The van der Waals surface area contributed by atoms with E-state index in [1.165, 1.54) is 41.0 Å². The van der Waals surface area contributed by atoms with Gasteiger partial charge in [0.25, 0.3) is 0 Å². The number of carbonyl (C=O) groups excluding carboxylic acids is 1. The van der Waals surface area contributed by atoms with Crippen molar-refractivity contribution in [2.24, 2.45) is 0 Å². The van der Waals surface area contributed by atoms with Crippen molar-refractivity contribution in [3.8, 4) is 34.1 Å². The number of phenolic OH excluding ortho intramolecular Hbond substituents is 1. The quantitative estimate of drug-likeness (QED) is 0.318. The van der Waals surface area contributed by atoms with Crippen LogP contribution >= 0.6 is 23.2 Å². The maximum atomic E-state index is 15.2. The zero-order chi connectivity index (χ0) is 23.7. The largest absolute Gasteiger partial charge is 0.508 e. The summed E-state index contributed by atoms with van der Waals surface area (Å²) in [6.45, 7) is 1.71. The third-order valence-electron chi connectivity index (χ3n) is 4.82. The van der Waals surface area contributed by atoms with Gasteiger partial charge in [-0.1, -0.05) is 41.4 Å². The molecule has 3 aromatic carbocycles. The second kappa shape index (κ2) is 9.21. The molecule has 0 saturated heterocycles. The summed E-state index contributed by atoms with van der Waals surface area (Å²) in [6.07, 6.45) is 0. The molecule has 9 heteroatoms. The molecule has 168 valence electrons. The van der Waals surface area contributed by atoms with E-state index < -0.39 is 17.6 Å². The van der Waals surface area contributed by atoms with Gasteiger partial charge in [0.1, 0.15) is 17.4 Å². The number of ether oxygens (including phenoxy) is 1. The zero-order valence-electron chi connectivity index (χ0n) is 17.2. The molecule has 0 radical (unpaired) electrons. The van der Waals surface area contributed by atoms with E-state index in [0.29, 0.717) is 11.1 Å². The molecule has 0 amide bonds. The molecule has 5 nitrogen and oxygen atoms in total. The summed E-state index contributed by atoms with van der Waals surface area (Å²) in [5, 5.41) is 9.66. The van der Waals surface area contributed by atoms with Crippen molar-refractivity contribution in [1.29, 1.82) is 0 Å². The summed E-state index contributed by atoms with van der Waals surface area (Å²) in [5.41, 5.74) is 0.647. The number of nitrogens with zero attached hydrogens (tertiary/aromatic N) is 2. The summed E-state index contributed by atoms with van der Waals surface area (Å²) >= 11 is 12.0. The van der Waals surface area contributed by atoms with E-state index in [1.807, 2.05) is 0 Å². The van der Waals surface area contributed by atoms with Gasteiger partial charge in [-0.05, 0) is 49.4 Å². The molecule has 1 N–H and O–H groups in total. The molecule has 0 aliphatic heterocycles. The standard InChI is InChI=1S/C24H16Cl2F2N2O3/c1-2-33-24(32)21-22(13-9-10-18(27)17(26)12-13)30(19-8-4-7-16(25)20(19)28)23(29-21)14-5-3-6-15(31)11-14/h3-12,31H,2H2,1H3. The van der Waals surface area contributed by atoms with Crippen LogP contribution in [0.15, 0.2) is 60.7 Å². The van der Waals surface area contributed by atoms with Gasteiger partial charge >= 0.3 is 5.97 Å². The molecular weight excluding hydrogens is 473 g/mol. The van der Waals surface area contributed by atoms with Gasteiger partial charge in [-0.3, -0.25) is 4.57 Å². The number of phenols is 1. The van der Waals surface area contributed by atoms with Crippen LogP contribution in [0, 0.1) is 11.6 Å². The minimum absolute atomic E-state index is 0.0145. The Morgan fingerprint density at radius 1 is 1.03 bits per heavy atom. The molecule has 0 atom stereocenters. The van der Waals surface area contributed by atoms with Crippen LogP contribution in [-0.2, 0) is 4.74 Å². The Kier molecular flexibility index (Phi) is 6.35. The molecule has 4 rings (SSSR count). The molecule has 0 aliphatic rings. The zero-order valence-corrected chi connectivity index (χ0v) is 18.7. The van der Waals surface area contributed by atoms with Crippen molar-refractivity contribution in [3.05, 3.63) is 88.0 Å². The smallest absolute Gasteiger partial charge is 0.359 e. The van der Waals surface area contributed by atoms with Crippen molar-refractivity contribution in [3.63, 3.8) is 0 Å². The maximum absolute atomic E-state index is 15.2. The number of esters is 1. The topological polar surface area (TPSA) is 64.3 Å². The Bertz CT molecular complexity index is 1370. The summed E-state index contributed by atoms with van der Waals surface area (Å²) in [6, 6.07) is 14.3. The van der Waals surface area contributed by atoms with E-state index in [-0.39, 0.29) is 45.3 Å². The minimum Gasteiger partial charge on any atom is -0.508 e. The van der Waals surface area contributed by atoms with E-state index in [1.54, 1.807) is 25.1 Å². The summed E-state index contributed by atoms with van der Waals surface area (Å²) < 4.78 is 35.7. The molecule has 0 aliphatic carbocycles. The Morgan fingerprint density at radius 3 is 2.48 bits per heavy atom. The Morgan fingerprint density at radius 2 is 1.79 bits per heavy atom. The van der Waals surface area contributed by atoms with Gasteiger partial charge in [-0.2, -0.15) is 0 Å². The molecule has 0 bridgehead atoms. The van der Waals surface area contributed by atoms with Crippen molar-refractivity contribution in [1.82, 2.24) is 9.55 Å². The first kappa shape index (κ1) is 22.8.